The first-order chi connectivity index (χ1) is 9.11. The maximum Gasteiger partial charge on any atom is 0.220 e. The molecule has 1 atom stereocenters. The number of nitrogens with one attached hydrogen (secondary N) is 1. The Morgan fingerprint density at radius 2 is 1.70 bits per heavy atom. The van der Waals surface area contributed by atoms with Crippen LogP contribution in [0.1, 0.15) is 58.3 Å². The number of halogens is 1. The molecule has 0 aromatic carbocycles. The van der Waals surface area contributed by atoms with Gasteiger partial charge in [0.25, 0.3) is 0 Å². The molecule has 116 valence electrons. The van der Waals surface area contributed by atoms with Crippen LogP contribution in [0.5, 0.6) is 0 Å². The molecular formula is C16H29ClN2O. The summed E-state index contributed by atoms with van der Waals surface area (Å²) >= 11 is 0. The molecule has 4 aliphatic rings. The predicted molar refractivity (Wildman–Crippen MR) is 83.7 cm³/mol. The largest absolute Gasteiger partial charge is 0.353 e. The zero-order valence-corrected chi connectivity index (χ0v) is 13.4. The number of hydrogen-bond acceptors (Lipinski definition) is 2. The summed E-state index contributed by atoms with van der Waals surface area (Å²) in [5.41, 5.74) is 5.90. The second kappa shape index (κ2) is 6.23. The van der Waals surface area contributed by atoms with E-state index < -0.39 is 0 Å². The van der Waals surface area contributed by atoms with E-state index in [9.17, 15) is 4.79 Å². The number of nitrogens with two attached hydrogens (primary N) is 1. The molecule has 1 amide bonds. The molecule has 4 bridgehead atoms. The highest BCUT2D eigenvalue weighted by Crippen LogP contribution is 2.61. The van der Waals surface area contributed by atoms with Gasteiger partial charge in [0.2, 0.25) is 5.91 Å². The molecule has 4 aliphatic carbocycles. The van der Waals surface area contributed by atoms with Gasteiger partial charge >= 0.3 is 0 Å². The molecule has 1 unspecified atom stereocenters. The van der Waals surface area contributed by atoms with E-state index in [1.54, 1.807) is 0 Å². The Balaban J connectivity index is 0.00000147. The van der Waals surface area contributed by atoms with Gasteiger partial charge < -0.3 is 11.1 Å². The van der Waals surface area contributed by atoms with E-state index in [4.69, 9.17) is 5.73 Å². The molecule has 0 spiro atoms. The molecule has 0 aromatic heterocycles. The highest BCUT2D eigenvalue weighted by molar-refractivity contribution is 5.85. The van der Waals surface area contributed by atoms with Crippen molar-refractivity contribution >= 4 is 18.3 Å². The molecule has 20 heavy (non-hydrogen) atoms. The minimum atomic E-state index is 0. The van der Waals surface area contributed by atoms with Crippen molar-refractivity contribution in [3.8, 4) is 0 Å². The molecule has 0 heterocycles. The smallest absolute Gasteiger partial charge is 0.220 e. The summed E-state index contributed by atoms with van der Waals surface area (Å²) in [5.74, 6) is 3.06. The molecule has 0 saturated heterocycles. The van der Waals surface area contributed by atoms with Crippen molar-refractivity contribution in [1.82, 2.24) is 5.32 Å². The Morgan fingerprint density at radius 3 is 2.15 bits per heavy atom. The van der Waals surface area contributed by atoms with Crippen molar-refractivity contribution in [1.29, 1.82) is 0 Å². The number of hydrogen-bond donors (Lipinski definition) is 2. The van der Waals surface area contributed by atoms with Gasteiger partial charge in [-0.2, -0.15) is 0 Å². The van der Waals surface area contributed by atoms with E-state index in [0.717, 1.165) is 24.2 Å². The van der Waals surface area contributed by atoms with Gasteiger partial charge in [0.05, 0.1) is 0 Å². The van der Waals surface area contributed by atoms with E-state index >= 15 is 0 Å². The van der Waals surface area contributed by atoms with E-state index in [0.29, 0.717) is 24.4 Å². The predicted octanol–water partition coefficient (Wildman–Crippen LogP) is 2.87. The van der Waals surface area contributed by atoms with Crippen molar-refractivity contribution in [2.24, 2.45) is 28.9 Å². The summed E-state index contributed by atoms with van der Waals surface area (Å²) in [6.45, 7) is 2.85. The summed E-state index contributed by atoms with van der Waals surface area (Å²) in [5, 5.41) is 3.28. The third kappa shape index (κ3) is 2.99. The zero-order chi connectivity index (χ0) is 13.5. The second-order valence-corrected chi connectivity index (χ2v) is 7.46. The van der Waals surface area contributed by atoms with Crippen LogP contribution in [-0.2, 0) is 4.79 Å². The standard InChI is InChI=1S/C16H28N2O.ClH/c1-11(18-15(19)3-2-4-17)16-8-12-5-13(9-16)7-14(6-12)10-16;/h11-14H,2-10,17H2,1H3,(H,18,19);1H. The number of rotatable bonds is 5. The Labute approximate surface area is 128 Å². The fourth-order valence-corrected chi connectivity index (χ4v) is 5.44. The molecule has 4 rings (SSSR count). The van der Waals surface area contributed by atoms with Crippen LogP contribution in [0.15, 0.2) is 0 Å². The summed E-state index contributed by atoms with van der Waals surface area (Å²) in [6, 6.07) is 0.353. The lowest BCUT2D eigenvalue weighted by molar-refractivity contribution is -0.125. The van der Waals surface area contributed by atoms with Crippen molar-refractivity contribution in [3.63, 3.8) is 0 Å². The van der Waals surface area contributed by atoms with Crippen LogP contribution >= 0.6 is 12.4 Å². The lowest BCUT2D eigenvalue weighted by Gasteiger charge is -2.59. The van der Waals surface area contributed by atoms with Gasteiger partial charge in [-0.05, 0) is 81.6 Å². The average molecular weight is 301 g/mol. The Hall–Kier alpha value is -0.280. The SMILES string of the molecule is CC(NC(=O)CCCN)C12CC3CC(CC(C3)C1)C2.Cl. The minimum absolute atomic E-state index is 0. The summed E-state index contributed by atoms with van der Waals surface area (Å²) in [7, 11) is 0. The minimum Gasteiger partial charge on any atom is -0.353 e. The Bertz CT molecular complexity index is 323. The van der Waals surface area contributed by atoms with Gasteiger partial charge in [-0.3, -0.25) is 4.79 Å². The first-order valence-electron chi connectivity index (χ1n) is 8.11. The monoisotopic (exact) mass is 300 g/mol. The maximum absolute atomic E-state index is 11.9. The van der Waals surface area contributed by atoms with Crippen LogP contribution < -0.4 is 11.1 Å². The molecule has 0 radical (unpaired) electrons. The average Bonchev–Trinajstić information content (AvgIpc) is 2.34. The Kier molecular flexibility index (Phi) is 5.01. The zero-order valence-electron chi connectivity index (χ0n) is 12.6. The van der Waals surface area contributed by atoms with E-state index in [1.807, 2.05) is 0 Å². The number of carbonyl (C=O) groups excluding carboxylic acids is 1. The molecule has 4 fully saturated rings. The second-order valence-electron chi connectivity index (χ2n) is 7.46. The van der Waals surface area contributed by atoms with E-state index in [1.165, 1.54) is 38.5 Å². The number of amides is 1. The van der Waals surface area contributed by atoms with Crippen molar-refractivity contribution < 1.29 is 4.79 Å². The Morgan fingerprint density at radius 1 is 1.20 bits per heavy atom. The van der Waals surface area contributed by atoms with Crippen molar-refractivity contribution in [2.45, 2.75) is 64.3 Å². The van der Waals surface area contributed by atoms with Crippen molar-refractivity contribution in [2.75, 3.05) is 6.54 Å². The summed E-state index contributed by atoms with van der Waals surface area (Å²) in [6.07, 6.45) is 9.87. The normalized spacial score (nSPS) is 39.2. The maximum atomic E-state index is 11.9. The third-order valence-electron chi connectivity index (χ3n) is 5.99. The lowest BCUT2D eigenvalue weighted by Crippen LogP contribution is -2.55. The van der Waals surface area contributed by atoms with Gasteiger partial charge in [-0.15, -0.1) is 12.4 Å². The molecule has 0 aromatic rings. The lowest BCUT2D eigenvalue weighted by atomic mass is 9.48. The number of carbonyl (C=O) groups is 1. The van der Waals surface area contributed by atoms with Crippen LogP contribution in [0.2, 0.25) is 0 Å². The molecular weight excluding hydrogens is 272 g/mol. The van der Waals surface area contributed by atoms with Gasteiger partial charge in [-0.1, -0.05) is 0 Å². The molecule has 3 nitrogen and oxygen atoms in total. The third-order valence-corrected chi connectivity index (χ3v) is 5.99. The summed E-state index contributed by atoms with van der Waals surface area (Å²) in [4.78, 5) is 11.9. The van der Waals surface area contributed by atoms with Gasteiger partial charge in [0.15, 0.2) is 0 Å². The van der Waals surface area contributed by atoms with Crippen LogP contribution in [-0.4, -0.2) is 18.5 Å². The first-order valence-corrected chi connectivity index (χ1v) is 8.11. The van der Waals surface area contributed by atoms with E-state index in [2.05, 4.69) is 12.2 Å². The van der Waals surface area contributed by atoms with Crippen LogP contribution in [0, 0.1) is 23.2 Å². The molecule has 4 heteroatoms. The molecule has 4 saturated carbocycles. The fourth-order valence-electron chi connectivity index (χ4n) is 5.44. The van der Waals surface area contributed by atoms with E-state index in [-0.39, 0.29) is 18.3 Å². The van der Waals surface area contributed by atoms with Gasteiger partial charge in [0.1, 0.15) is 0 Å². The quantitative estimate of drug-likeness (QED) is 0.820. The fraction of sp³-hybridized carbons (Fsp3) is 0.938. The van der Waals surface area contributed by atoms with Crippen LogP contribution in [0.3, 0.4) is 0 Å². The summed E-state index contributed by atoms with van der Waals surface area (Å²) < 4.78 is 0. The topological polar surface area (TPSA) is 55.1 Å². The molecule has 3 N–H and O–H groups in total. The highest BCUT2D eigenvalue weighted by atomic mass is 35.5. The highest BCUT2D eigenvalue weighted by Gasteiger charge is 2.53. The van der Waals surface area contributed by atoms with Crippen molar-refractivity contribution in [3.05, 3.63) is 0 Å². The molecule has 0 aliphatic heterocycles. The van der Waals surface area contributed by atoms with Crippen LogP contribution in [0.4, 0.5) is 0 Å². The van der Waals surface area contributed by atoms with Gasteiger partial charge in [0, 0.05) is 12.5 Å². The first kappa shape index (κ1) is 16.1. The van der Waals surface area contributed by atoms with Crippen LogP contribution in [0.25, 0.3) is 0 Å². The van der Waals surface area contributed by atoms with Gasteiger partial charge in [-0.25, -0.2) is 0 Å².